The summed E-state index contributed by atoms with van der Waals surface area (Å²) in [6.45, 7) is 14.3. The number of piperidine rings is 1. The second-order valence-corrected chi connectivity index (χ2v) is 17.4. The normalized spacial score (nSPS) is 32.5. The minimum atomic E-state index is -0.970. The number of allylic oxidation sites excluding steroid dienone is 6. The van der Waals surface area contributed by atoms with Gasteiger partial charge in [0.25, 0.3) is 5.91 Å². The van der Waals surface area contributed by atoms with Crippen molar-refractivity contribution in [1.29, 1.82) is 0 Å². The number of hydrogen-bond donors (Lipinski definition) is 0. The Kier molecular flexibility index (Phi) is 21.9. The number of ether oxygens (including phenoxy) is 8. The van der Waals surface area contributed by atoms with Gasteiger partial charge in [-0.15, -0.1) is 0 Å². The summed E-state index contributed by atoms with van der Waals surface area (Å²) in [5.41, 5.74) is 1.63. The summed E-state index contributed by atoms with van der Waals surface area (Å²) in [6, 6.07) is -0.938. The Bertz CT molecular complexity index is 1600. The number of hydrogen-bond acceptors (Lipinski definition) is 13. The van der Waals surface area contributed by atoms with E-state index in [9.17, 15) is 24.0 Å². The molecular formula is C48H73NO13. The molecule has 4 aliphatic heterocycles. The van der Waals surface area contributed by atoms with E-state index >= 15 is 0 Å². The summed E-state index contributed by atoms with van der Waals surface area (Å²) < 4.78 is 46.5. The fourth-order valence-corrected chi connectivity index (χ4v) is 8.51. The van der Waals surface area contributed by atoms with E-state index < -0.39 is 47.9 Å². The van der Waals surface area contributed by atoms with E-state index in [1.807, 2.05) is 45.1 Å². The van der Waals surface area contributed by atoms with Crippen molar-refractivity contribution >= 4 is 29.2 Å². The number of Topliss-reactive ketones (excluding diaryl/α,β-unsaturated/α-hetero) is 3. The molecule has 0 N–H and O–H groups in total. The van der Waals surface area contributed by atoms with E-state index in [1.165, 1.54) is 19.1 Å². The molecule has 14 nitrogen and oxygen atoms in total. The number of amides is 1. The van der Waals surface area contributed by atoms with Gasteiger partial charge in [-0.1, -0.05) is 64.2 Å². The molecule has 10 unspecified atom stereocenters. The van der Waals surface area contributed by atoms with E-state index in [2.05, 4.69) is 13.0 Å². The third-order valence-corrected chi connectivity index (χ3v) is 12.4. The van der Waals surface area contributed by atoms with Gasteiger partial charge in [-0.05, 0) is 75.4 Å². The second kappa shape index (κ2) is 26.4. The molecule has 2 bridgehead atoms. The minimum absolute atomic E-state index is 0.0507. The van der Waals surface area contributed by atoms with Crippen LogP contribution in [0.3, 0.4) is 0 Å². The number of ketones is 3. The first-order chi connectivity index (χ1) is 29.7. The maximum absolute atomic E-state index is 14.0. The Balaban J connectivity index is 1.55. The molecule has 4 aliphatic rings. The highest BCUT2D eigenvalue weighted by molar-refractivity contribution is 6.38. The lowest BCUT2D eigenvalue weighted by atomic mass is 9.87. The predicted molar refractivity (Wildman–Crippen MR) is 232 cm³/mol. The van der Waals surface area contributed by atoms with Gasteiger partial charge in [0.05, 0.1) is 58.5 Å². The number of carbonyl (C=O) groups is 5. The standard InChI is InChI=1S/C48H73NO13/c1-31-14-10-9-11-15-32(2)41(60-25-23-57-22-24-59-38-29-58-30-38)28-37-18-17-33(3)44(62-37)43(52)47(53)49-20-13-12-16-39(49)48(54)61-21-19-40(50)34(4)27-36(6)45(55-7)46(56-8)42(51)35(5)26-31/h9-11,14-15,27,31,33-35,37-39,41,44-46H,12-13,16-26,28-30H2,1-8H3. The van der Waals surface area contributed by atoms with Gasteiger partial charge in [0.1, 0.15) is 36.2 Å². The van der Waals surface area contributed by atoms with Crippen LogP contribution in [0.15, 0.2) is 47.6 Å². The Morgan fingerprint density at radius 2 is 1.52 bits per heavy atom. The Morgan fingerprint density at radius 1 is 0.790 bits per heavy atom. The number of cyclic esters (lactones) is 1. The van der Waals surface area contributed by atoms with Crippen LogP contribution in [0.5, 0.6) is 0 Å². The van der Waals surface area contributed by atoms with Crippen LogP contribution in [0.4, 0.5) is 0 Å². The van der Waals surface area contributed by atoms with Crippen molar-refractivity contribution < 1.29 is 61.9 Å². The number of fused-ring (bicyclic) bond motifs is 3. The predicted octanol–water partition coefficient (Wildman–Crippen LogP) is 5.75. The third-order valence-electron chi connectivity index (χ3n) is 12.4. The Morgan fingerprint density at radius 3 is 2.21 bits per heavy atom. The molecule has 1 amide bonds. The summed E-state index contributed by atoms with van der Waals surface area (Å²) >= 11 is 0. The molecule has 62 heavy (non-hydrogen) atoms. The first-order valence-corrected chi connectivity index (χ1v) is 22.6. The molecule has 348 valence electrons. The van der Waals surface area contributed by atoms with Crippen LogP contribution < -0.4 is 0 Å². The molecule has 10 atom stereocenters. The molecule has 0 aromatic rings. The average Bonchev–Trinajstić information content (AvgIpc) is 3.24. The quantitative estimate of drug-likeness (QED) is 0.113. The first kappa shape index (κ1) is 51.3. The highest BCUT2D eigenvalue weighted by Gasteiger charge is 2.43. The Hall–Kier alpha value is -3.37. The highest BCUT2D eigenvalue weighted by atomic mass is 16.6. The van der Waals surface area contributed by atoms with Crippen LogP contribution in [0.2, 0.25) is 0 Å². The zero-order chi connectivity index (χ0) is 45.2. The van der Waals surface area contributed by atoms with E-state index in [0.717, 1.165) is 5.57 Å². The van der Waals surface area contributed by atoms with Crippen LogP contribution in [-0.2, 0) is 61.9 Å². The second-order valence-electron chi connectivity index (χ2n) is 17.4. The molecule has 4 heterocycles. The monoisotopic (exact) mass is 872 g/mol. The SMILES string of the molecule is COC1C(=O)C(C)CC(C)C=CC=CC=C(C)C(OCCOCCOC2COC2)CC2CCC(C)C(O2)C(=O)C(=O)N2CCCCC2C(=O)OCCC(=O)C(C)C=C(C)C1OC. The number of nitrogens with zero attached hydrogens (tertiary/aromatic N) is 1. The smallest absolute Gasteiger partial charge is 0.328 e. The maximum atomic E-state index is 14.0. The molecule has 0 radical (unpaired) electrons. The molecule has 0 aliphatic carbocycles. The number of methoxy groups -OCH3 is 2. The van der Waals surface area contributed by atoms with Crippen LogP contribution >= 0.6 is 0 Å². The summed E-state index contributed by atoms with van der Waals surface area (Å²) in [5, 5.41) is 0. The van der Waals surface area contributed by atoms with Crippen molar-refractivity contribution in [3.63, 3.8) is 0 Å². The largest absolute Gasteiger partial charge is 0.464 e. The number of esters is 1. The highest BCUT2D eigenvalue weighted by Crippen LogP contribution is 2.31. The molecule has 14 heteroatoms. The average molecular weight is 872 g/mol. The van der Waals surface area contributed by atoms with E-state index in [0.29, 0.717) is 90.2 Å². The van der Waals surface area contributed by atoms with Gasteiger partial charge in [-0.25, -0.2) is 4.79 Å². The lowest BCUT2D eigenvalue weighted by molar-refractivity contribution is -0.167. The molecular weight excluding hydrogens is 799 g/mol. The molecule has 0 spiro atoms. The van der Waals surface area contributed by atoms with E-state index in [-0.39, 0.29) is 67.2 Å². The lowest BCUT2D eigenvalue weighted by Crippen LogP contribution is -2.54. The van der Waals surface area contributed by atoms with Gasteiger partial charge in [0.2, 0.25) is 5.78 Å². The first-order valence-electron chi connectivity index (χ1n) is 22.6. The molecule has 3 saturated heterocycles. The number of rotatable bonds is 10. The van der Waals surface area contributed by atoms with Crippen LogP contribution in [0.25, 0.3) is 0 Å². The van der Waals surface area contributed by atoms with Crippen LogP contribution in [-0.4, -0.2) is 144 Å². The minimum Gasteiger partial charge on any atom is -0.464 e. The fraction of sp³-hybridized carbons (Fsp3) is 0.729. The molecule has 0 aromatic heterocycles. The van der Waals surface area contributed by atoms with Gasteiger partial charge in [-0.3, -0.25) is 19.2 Å². The Labute approximate surface area is 369 Å². The van der Waals surface area contributed by atoms with Gasteiger partial charge in [0, 0.05) is 45.4 Å². The molecule has 4 rings (SSSR count). The van der Waals surface area contributed by atoms with Crippen LogP contribution in [0, 0.1) is 23.7 Å². The van der Waals surface area contributed by atoms with Gasteiger partial charge < -0.3 is 42.8 Å². The summed E-state index contributed by atoms with van der Waals surface area (Å²) in [6.07, 6.45) is 12.6. The third kappa shape index (κ3) is 15.4. The van der Waals surface area contributed by atoms with Gasteiger partial charge in [-0.2, -0.15) is 0 Å². The lowest BCUT2D eigenvalue weighted by Gasteiger charge is -2.38. The topological polar surface area (TPSA) is 162 Å². The summed E-state index contributed by atoms with van der Waals surface area (Å²) in [5.74, 6) is -3.34. The van der Waals surface area contributed by atoms with E-state index in [1.54, 1.807) is 19.9 Å². The van der Waals surface area contributed by atoms with Gasteiger partial charge in [0.15, 0.2) is 5.78 Å². The van der Waals surface area contributed by atoms with Crippen molar-refractivity contribution in [2.75, 3.05) is 67.0 Å². The van der Waals surface area contributed by atoms with Crippen molar-refractivity contribution in [2.24, 2.45) is 23.7 Å². The van der Waals surface area contributed by atoms with Crippen molar-refractivity contribution in [2.45, 2.75) is 136 Å². The van der Waals surface area contributed by atoms with Crippen molar-refractivity contribution in [3.8, 4) is 0 Å². The van der Waals surface area contributed by atoms with Crippen molar-refractivity contribution in [1.82, 2.24) is 4.90 Å². The van der Waals surface area contributed by atoms with Gasteiger partial charge >= 0.3 is 5.97 Å². The zero-order valence-corrected chi connectivity index (χ0v) is 38.4. The fourth-order valence-electron chi connectivity index (χ4n) is 8.51. The number of carbonyl (C=O) groups excluding carboxylic acids is 5. The maximum Gasteiger partial charge on any atom is 0.328 e. The van der Waals surface area contributed by atoms with Crippen molar-refractivity contribution in [3.05, 3.63) is 47.6 Å². The molecule has 0 aromatic carbocycles. The molecule has 0 saturated carbocycles. The molecule has 3 fully saturated rings. The van der Waals surface area contributed by atoms with E-state index in [4.69, 9.17) is 37.9 Å². The summed E-state index contributed by atoms with van der Waals surface area (Å²) in [4.78, 5) is 69.6. The zero-order valence-electron chi connectivity index (χ0n) is 38.4. The summed E-state index contributed by atoms with van der Waals surface area (Å²) in [7, 11) is 2.99. The van der Waals surface area contributed by atoms with Crippen LogP contribution in [0.1, 0.15) is 92.9 Å².